The van der Waals surface area contributed by atoms with E-state index >= 15 is 0 Å². The summed E-state index contributed by atoms with van der Waals surface area (Å²) in [6.07, 6.45) is 8.74. The molecule has 0 aliphatic heterocycles. The molecule has 0 aromatic rings. The smallest absolute Gasteiger partial charge is 0.219 e. The van der Waals surface area contributed by atoms with Gasteiger partial charge in [-0.25, -0.2) is 0 Å². The van der Waals surface area contributed by atoms with Crippen molar-refractivity contribution in [2.75, 3.05) is 12.4 Å². The quantitative estimate of drug-likeness (QED) is 0.440. The number of hydrogen-bond donors (Lipinski definition) is 1. The molecular weight excluding hydrogens is 234 g/mol. The highest BCUT2D eigenvalue weighted by Crippen LogP contribution is 2.08. The topological polar surface area (TPSA) is 29.1 Å². The number of halogens is 1. The monoisotopic (exact) mass is 261 g/mol. The Morgan fingerprint density at radius 2 is 1.76 bits per heavy atom. The number of carbonyl (C=O) groups excluding carboxylic acids is 1. The first-order valence-electron chi connectivity index (χ1n) is 6.99. The lowest BCUT2D eigenvalue weighted by Crippen LogP contribution is -2.23. The zero-order chi connectivity index (χ0) is 12.9. The molecule has 0 radical (unpaired) electrons. The molecule has 0 unspecified atom stereocenters. The molecule has 0 aliphatic carbocycles. The number of carbonyl (C=O) groups is 1. The van der Waals surface area contributed by atoms with E-state index in [4.69, 9.17) is 11.6 Å². The maximum atomic E-state index is 11.3. The Kier molecular flexibility index (Phi) is 12.1. The molecule has 3 heteroatoms. The molecule has 102 valence electrons. The number of hydrogen-bond acceptors (Lipinski definition) is 1. The summed E-state index contributed by atoms with van der Waals surface area (Å²) < 4.78 is 0. The van der Waals surface area contributed by atoms with Gasteiger partial charge >= 0.3 is 0 Å². The predicted octanol–water partition coefficient (Wildman–Crippen LogP) is 4.12. The van der Waals surface area contributed by atoms with Crippen LogP contribution < -0.4 is 5.32 Å². The number of amides is 1. The van der Waals surface area contributed by atoms with Gasteiger partial charge in [0.1, 0.15) is 0 Å². The third-order valence-electron chi connectivity index (χ3n) is 2.82. The average molecular weight is 262 g/mol. The molecule has 0 spiro atoms. The zero-order valence-corrected chi connectivity index (χ0v) is 12.2. The predicted molar refractivity (Wildman–Crippen MR) is 75.5 cm³/mol. The van der Waals surface area contributed by atoms with E-state index in [1.54, 1.807) is 0 Å². The number of rotatable bonds is 11. The summed E-state index contributed by atoms with van der Waals surface area (Å²) in [5.41, 5.74) is 0. The molecule has 0 atom stereocenters. The van der Waals surface area contributed by atoms with Crippen LogP contribution in [0, 0.1) is 5.92 Å². The van der Waals surface area contributed by atoms with Crippen LogP contribution in [0.5, 0.6) is 0 Å². The SMILES string of the molecule is CC(C)CCCCCCNC(=O)CCCCCl. The van der Waals surface area contributed by atoms with Crippen molar-refractivity contribution in [2.24, 2.45) is 5.92 Å². The van der Waals surface area contributed by atoms with E-state index in [9.17, 15) is 4.79 Å². The fraction of sp³-hybridized carbons (Fsp3) is 0.929. The van der Waals surface area contributed by atoms with Gasteiger partial charge in [-0.3, -0.25) is 4.79 Å². The van der Waals surface area contributed by atoms with Crippen LogP contribution in [0.1, 0.15) is 65.2 Å². The molecule has 1 N–H and O–H groups in total. The number of unbranched alkanes of at least 4 members (excludes halogenated alkanes) is 4. The van der Waals surface area contributed by atoms with E-state index < -0.39 is 0 Å². The Morgan fingerprint density at radius 1 is 1.06 bits per heavy atom. The van der Waals surface area contributed by atoms with Gasteiger partial charge in [-0.15, -0.1) is 11.6 Å². The normalized spacial score (nSPS) is 10.8. The Bertz CT molecular complexity index is 183. The molecule has 0 heterocycles. The van der Waals surface area contributed by atoms with Gasteiger partial charge in [-0.05, 0) is 25.2 Å². The third-order valence-corrected chi connectivity index (χ3v) is 3.09. The van der Waals surface area contributed by atoms with Crippen molar-refractivity contribution in [3.63, 3.8) is 0 Å². The molecule has 1 amide bonds. The van der Waals surface area contributed by atoms with Crippen molar-refractivity contribution >= 4 is 17.5 Å². The van der Waals surface area contributed by atoms with E-state index in [1.165, 1.54) is 25.7 Å². The Labute approximate surface area is 111 Å². The lowest BCUT2D eigenvalue weighted by Gasteiger charge is -2.06. The lowest BCUT2D eigenvalue weighted by molar-refractivity contribution is -0.121. The van der Waals surface area contributed by atoms with Crippen molar-refractivity contribution in [2.45, 2.75) is 65.2 Å². The Morgan fingerprint density at radius 3 is 2.41 bits per heavy atom. The Hall–Kier alpha value is -0.240. The van der Waals surface area contributed by atoms with Gasteiger partial charge in [0.25, 0.3) is 0 Å². The van der Waals surface area contributed by atoms with Crippen LogP contribution in [0.25, 0.3) is 0 Å². The molecule has 17 heavy (non-hydrogen) atoms. The van der Waals surface area contributed by atoms with Gasteiger partial charge < -0.3 is 5.32 Å². The molecule has 0 saturated heterocycles. The Balaban J connectivity index is 3.14. The second-order valence-electron chi connectivity index (χ2n) is 5.09. The van der Waals surface area contributed by atoms with E-state index in [0.717, 1.165) is 31.7 Å². The highest BCUT2D eigenvalue weighted by atomic mass is 35.5. The van der Waals surface area contributed by atoms with Gasteiger partial charge in [0.2, 0.25) is 5.91 Å². The molecule has 0 aromatic heterocycles. The minimum absolute atomic E-state index is 0.178. The van der Waals surface area contributed by atoms with Crippen LogP contribution in [0.2, 0.25) is 0 Å². The minimum Gasteiger partial charge on any atom is -0.356 e. The van der Waals surface area contributed by atoms with Crippen LogP contribution >= 0.6 is 11.6 Å². The fourth-order valence-corrected chi connectivity index (χ4v) is 1.92. The van der Waals surface area contributed by atoms with Crippen LogP contribution in [0.4, 0.5) is 0 Å². The molecule has 0 saturated carbocycles. The standard InChI is InChI=1S/C14H28ClNO/c1-13(2)9-5-3-4-8-12-16-14(17)10-6-7-11-15/h13H,3-12H2,1-2H3,(H,16,17). The average Bonchev–Trinajstić information content (AvgIpc) is 2.28. The van der Waals surface area contributed by atoms with Gasteiger partial charge in [-0.1, -0.05) is 39.5 Å². The van der Waals surface area contributed by atoms with Gasteiger partial charge in [-0.2, -0.15) is 0 Å². The van der Waals surface area contributed by atoms with Gasteiger partial charge in [0.05, 0.1) is 0 Å². The maximum absolute atomic E-state index is 11.3. The van der Waals surface area contributed by atoms with Crippen molar-refractivity contribution in [3.8, 4) is 0 Å². The highest BCUT2D eigenvalue weighted by molar-refractivity contribution is 6.17. The molecule has 0 bridgehead atoms. The van der Waals surface area contributed by atoms with E-state index in [-0.39, 0.29) is 5.91 Å². The lowest BCUT2D eigenvalue weighted by atomic mass is 10.0. The maximum Gasteiger partial charge on any atom is 0.219 e. The first-order chi connectivity index (χ1) is 8.16. The molecule has 0 aromatic carbocycles. The van der Waals surface area contributed by atoms with Crippen molar-refractivity contribution < 1.29 is 4.79 Å². The van der Waals surface area contributed by atoms with Crippen molar-refractivity contribution in [3.05, 3.63) is 0 Å². The number of alkyl halides is 1. The van der Waals surface area contributed by atoms with Crippen LogP contribution in [0.3, 0.4) is 0 Å². The molecule has 2 nitrogen and oxygen atoms in total. The second-order valence-corrected chi connectivity index (χ2v) is 5.47. The molecule has 0 aliphatic rings. The molecule has 0 fully saturated rings. The molecule has 0 rings (SSSR count). The summed E-state index contributed by atoms with van der Waals surface area (Å²) in [4.78, 5) is 11.3. The molecular formula is C14H28ClNO. The summed E-state index contributed by atoms with van der Waals surface area (Å²) in [7, 11) is 0. The zero-order valence-electron chi connectivity index (χ0n) is 11.4. The summed E-state index contributed by atoms with van der Waals surface area (Å²) in [5, 5.41) is 2.96. The van der Waals surface area contributed by atoms with Crippen LogP contribution in [-0.2, 0) is 4.79 Å². The van der Waals surface area contributed by atoms with Crippen LogP contribution in [-0.4, -0.2) is 18.3 Å². The number of nitrogens with one attached hydrogen (secondary N) is 1. The summed E-state index contributed by atoms with van der Waals surface area (Å²) in [5.74, 6) is 1.65. The summed E-state index contributed by atoms with van der Waals surface area (Å²) >= 11 is 5.55. The second kappa shape index (κ2) is 12.2. The fourth-order valence-electron chi connectivity index (χ4n) is 1.73. The third kappa shape index (κ3) is 13.7. The van der Waals surface area contributed by atoms with Crippen molar-refractivity contribution in [1.82, 2.24) is 5.32 Å². The van der Waals surface area contributed by atoms with E-state index in [2.05, 4.69) is 19.2 Å². The van der Waals surface area contributed by atoms with Gasteiger partial charge in [0, 0.05) is 18.8 Å². The first-order valence-corrected chi connectivity index (χ1v) is 7.53. The highest BCUT2D eigenvalue weighted by Gasteiger charge is 2.00. The summed E-state index contributed by atoms with van der Waals surface area (Å²) in [6.45, 7) is 5.36. The van der Waals surface area contributed by atoms with Gasteiger partial charge in [0.15, 0.2) is 0 Å². The van der Waals surface area contributed by atoms with Crippen LogP contribution in [0.15, 0.2) is 0 Å². The van der Waals surface area contributed by atoms with Crippen molar-refractivity contribution in [1.29, 1.82) is 0 Å². The summed E-state index contributed by atoms with van der Waals surface area (Å²) in [6, 6.07) is 0. The van der Waals surface area contributed by atoms with E-state index in [1.807, 2.05) is 0 Å². The van der Waals surface area contributed by atoms with E-state index in [0.29, 0.717) is 12.3 Å². The largest absolute Gasteiger partial charge is 0.356 e. The first kappa shape index (κ1) is 16.8. The minimum atomic E-state index is 0.178.